The molecular formula is C14H19N3O2. The summed E-state index contributed by atoms with van der Waals surface area (Å²) >= 11 is 0. The van der Waals surface area contributed by atoms with Crippen LogP contribution in [-0.2, 0) is 11.3 Å². The highest BCUT2D eigenvalue weighted by atomic mass is 16.5. The summed E-state index contributed by atoms with van der Waals surface area (Å²) < 4.78 is 10.7. The molecule has 1 unspecified atom stereocenters. The van der Waals surface area contributed by atoms with E-state index in [-0.39, 0.29) is 5.92 Å². The van der Waals surface area contributed by atoms with Gasteiger partial charge in [0, 0.05) is 13.2 Å². The molecule has 5 nitrogen and oxygen atoms in total. The number of nitrogens with two attached hydrogens (primary N) is 1. The van der Waals surface area contributed by atoms with Crippen molar-refractivity contribution in [3.05, 3.63) is 47.6 Å². The summed E-state index contributed by atoms with van der Waals surface area (Å²) in [4.78, 5) is 4.35. The lowest BCUT2D eigenvalue weighted by molar-refractivity contribution is 0.114. The lowest BCUT2D eigenvalue weighted by Crippen LogP contribution is -2.14. The quantitative estimate of drug-likeness (QED) is 0.772. The van der Waals surface area contributed by atoms with Gasteiger partial charge in [0.2, 0.25) is 5.89 Å². The first-order valence-electron chi connectivity index (χ1n) is 6.50. The summed E-state index contributed by atoms with van der Waals surface area (Å²) in [5, 5.41) is 3.92. The van der Waals surface area contributed by atoms with Crippen LogP contribution >= 0.6 is 0 Å². The van der Waals surface area contributed by atoms with Crippen molar-refractivity contribution in [3.63, 3.8) is 0 Å². The van der Waals surface area contributed by atoms with Crippen molar-refractivity contribution in [2.75, 3.05) is 13.2 Å². The lowest BCUT2D eigenvalue weighted by atomic mass is 9.99. The Morgan fingerprint density at radius 1 is 1.32 bits per heavy atom. The third kappa shape index (κ3) is 3.62. The van der Waals surface area contributed by atoms with E-state index in [1.54, 1.807) is 0 Å². The smallest absolute Gasteiger partial charge is 0.235 e. The molecule has 2 aromatic rings. The largest absolute Gasteiger partial charge is 0.373 e. The molecule has 0 aliphatic rings. The molecule has 5 heteroatoms. The van der Waals surface area contributed by atoms with Crippen molar-refractivity contribution in [2.45, 2.75) is 25.9 Å². The lowest BCUT2D eigenvalue weighted by Gasteiger charge is -2.09. The van der Waals surface area contributed by atoms with Gasteiger partial charge in [0.15, 0.2) is 5.82 Å². The Kier molecular flexibility index (Phi) is 5.06. The van der Waals surface area contributed by atoms with Crippen LogP contribution in [0.15, 0.2) is 34.9 Å². The van der Waals surface area contributed by atoms with Crippen molar-refractivity contribution < 1.29 is 9.26 Å². The number of ether oxygens (including phenoxy) is 1. The Hall–Kier alpha value is -1.72. The Morgan fingerprint density at radius 2 is 2.11 bits per heavy atom. The minimum Gasteiger partial charge on any atom is -0.373 e. The zero-order chi connectivity index (χ0) is 13.5. The average molecular weight is 261 g/mol. The van der Waals surface area contributed by atoms with E-state index >= 15 is 0 Å². The molecule has 19 heavy (non-hydrogen) atoms. The number of benzene rings is 1. The predicted molar refractivity (Wildman–Crippen MR) is 71.6 cm³/mol. The first kappa shape index (κ1) is 13.7. The highest BCUT2D eigenvalue weighted by Gasteiger charge is 2.19. The first-order valence-corrected chi connectivity index (χ1v) is 6.50. The van der Waals surface area contributed by atoms with Crippen LogP contribution in [0.1, 0.15) is 36.5 Å². The normalized spacial score (nSPS) is 12.5. The molecule has 0 spiro atoms. The number of nitrogens with zero attached hydrogens (tertiary/aromatic N) is 2. The van der Waals surface area contributed by atoms with Gasteiger partial charge < -0.3 is 15.0 Å². The van der Waals surface area contributed by atoms with E-state index in [9.17, 15) is 0 Å². The summed E-state index contributed by atoms with van der Waals surface area (Å²) in [5.41, 5.74) is 6.89. The van der Waals surface area contributed by atoms with E-state index in [4.69, 9.17) is 15.0 Å². The molecule has 0 radical (unpaired) electrons. The van der Waals surface area contributed by atoms with Crippen LogP contribution in [0.5, 0.6) is 0 Å². The van der Waals surface area contributed by atoms with E-state index in [2.05, 4.69) is 17.1 Å². The average Bonchev–Trinajstić information content (AvgIpc) is 2.90. The second-order valence-corrected chi connectivity index (χ2v) is 4.30. The minimum atomic E-state index is -0.0615. The van der Waals surface area contributed by atoms with Gasteiger partial charge in [-0.3, -0.25) is 0 Å². The molecule has 102 valence electrons. The van der Waals surface area contributed by atoms with Crippen LogP contribution in [0.25, 0.3) is 0 Å². The SMILES string of the molecule is CCCOCc1noc(C(CN)c2ccccc2)n1. The monoisotopic (exact) mass is 261 g/mol. The highest BCUT2D eigenvalue weighted by molar-refractivity contribution is 5.24. The van der Waals surface area contributed by atoms with Gasteiger partial charge in [-0.15, -0.1) is 0 Å². The van der Waals surface area contributed by atoms with Gasteiger partial charge in [-0.25, -0.2) is 0 Å². The van der Waals surface area contributed by atoms with Crippen molar-refractivity contribution in [3.8, 4) is 0 Å². The van der Waals surface area contributed by atoms with Crippen molar-refractivity contribution in [2.24, 2.45) is 5.73 Å². The van der Waals surface area contributed by atoms with Gasteiger partial charge >= 0.3 is 0 Å². The molecule has 1 heterocycles. The van der Waals surface area contributed by atoms with Crippen molar-refractivity contribution in [1.29, 1.82) is 0 Å². The molecular weight excluding hydrogens is 242 g/mol. The van der Waals surface area contributed by atoms with Crippen LogP contribution < -0.4 is 5.73 Å². The van der Waals surface area contributed by atoms with Crippen molar-refractivity contribution in [1.82, 2.24) is 10.1 Å². The number of aromatic nitrogens is 2. The fourth-order valence-electron chi connectivity index (χ4n) is 1.84. The number of rotatable bonds is 7. The Bertz CT molecular complexity index is 484. The van der Waals surface area contributed by atoms with E-state index in [1.807, 2.05) is 30.3 Å². The van der Waals surface area contributed by atoms with E-state index in [1.165, 1.54) is 0 Å². The molecule has 1 aromatic carbocycles. The summed E-state index contributed by atoms with van der Waals surface area (Å²) in [6.45, 7) is 3.56. The topological polar surface area (TPSA) is 74.2 Å². The molecule has 2 N–H and O–H groups in total. The minimum absolute atomic E-state index is 0.0615. The Balaban J connectivity index is 2.07. The third-order valence-electron chi connectivity index (χ3n) is 2.80. The fourth-order valence-corrected chi connectivity index (χ4v) is 1.84. The highest BCUT2D eigenvalue weighted by Crippen LogP contribution is 2.21. The van der Waals surface area contributed by atoms with Gasteiger partial charge in [-0.2, -0.15) is 4.98 Å². The molecule has 1 atom stereocenters. The number of hydrogen-bond acceptors (Lipinski definition) is 5. The van der Waals surface area contributed by atoms with Crippen molar-refractivity contribution >= 4 is 0 Å². The van der Waals surface area contributed by atoms with E-state index < -0.39 is 0 Å². The standard InChI is InChI=1S/C14H19N3O2/c1-2-8-18-10-13-16-14(19-17-13)12(9-15)11-6-4-3-5-7-11/h3-7,12H,2,8-10,15H2,1H3. The van der Waals surface area contributed by atoms with Gasteiger partial charge in [0.1, 0.15) is 6.61 Å². The van der Waals surface area contributed by atoms with Crippen LogP contribution in [-0.4, -0.2) is 23.3 Å². The molecule has 0 aliphatic heterocycles. The molecule has 0 aliphatic carbocycles. The zero-order valence-corrected chi connectivity index (χ0v) is 11.1. The first-order chi connectivity index (χ1) is 9.35. The molecule has 0 amide bonds. The molecule has 0 fully saturated rings. The molecule has 0 bridgehead atoms. The van der Waals surface area contributed by atoms with Crippen LogP contribution in [0.3, 0.4) is 0 Å². The second kappa shape index (κ2) is 7.01. The van der Waals surface area contributed by atoms with Crippen LogP contribution in [0, 0.1) is 0 Å². The number of hydrogen-bond donors (Lipinski definition) is 1. The van der Waals surface area contributed by atoms with Gasteiger partial charge in [-0.1, -0.05) is 42.4 Å². The van der Waals surface area contributed by atoms with E-state index in [0.717, 1.165) is 12.0 Å². The fraction of sp³-hybridized carbons (Fsp3) is 0.429. The van der Waals surface area contributed by atoms with Gasteiger partial charge in [0.05, 0.1) is 5.92 Å². The maximum absolute atomic E-state index is 5.81. The summed E-state index contributed by atoms with van der Waals surface area (Å²) in [7, 11) is 0. The maximum Gasteiger partial charge on any atom is 0.235 e. The molecule has 0 saturated heterocycles. The van der Waals surface area contributed by atoms with Gasteiger partial charge in [0.25, 0.3) is 0 Å². The van der Waals surface area contributed by atoms with E-state index in [0.29, 0.717) is 31.5 Å². The Labute approximate surface area is 112 Å². The van der Waals surface area contributed by atoms with Crippen LogP contribution in [0.2, 0.25) is 0 Å². The summed E-state index contributed by atoms with van der Waals surface area (Å²) in [6, 6.07) is 9.93. The summed E-state index contributed by atoms with van der Waals surface area (Å²) in [5.74, 6) is 1.05. The third-order valence-corrected chi connectivity index (χ3v) is 2.80. The maximum atomic E-state index is 5.81. The summed E-state index contributed by atoms with van der Waals surface area (Å²) in [6.07, 6.45) is 0.972. The molecule has 0 saturated carbocycles. The van der Waals surface area contributed by atoms with Crippen LogP contribution in [0.4, 0.5) is 0 Å². The van der Waals surface area contributed by atoms with Gasteiger partial charge in [-0.05, 0) is 12.0 Å². The molecule has 2 rings (SSSR count). The second-order valence-electron chi connectivity index (χ2n) is 4.30. The Morgan fingerprint density at radius 3 is 2.79 bits per heavy atom. The zero-order valence-electron chi connectivity index (χ0n) is 11.1. The molecule has 1 aromatic heterocycles. The predicted octanol–water partition coefficient (Wildman–Crippen LogP) is 2.09.